The lowest BCUT2D eigenvalue weighted by Crippen LogP contribution is -2.23. The number of aromatic nitrogens is 2. The highest BCUT2D eigenvalue weighted by Crippen LogP contribution is 2.34. The Balaban J connectivity index is 1.81. The van der Waals surface area contributed by atoms with Gasteiger partial charge in [-0.1, -0.05) is 30.3 Å². The van der Waals surface area contributed by atoms with Crippen molar-refractivity contribution in [3.8, 4) is 11.4 Å². The predicted octanol–water partition coefficient (Wildman–Crippen LogP) is 3.67. The minimum atomic E-state index is -0.00336. The van der Waals surface area contributed by atoms with E-state index in [1.807, 2.05) is 36.5 Å². The number of nitrogens with one attached hydrogen (secondary N) is 2. The van der Waals surface area contributed by atoms with Gasteiger partial charge in [0.05, 0.1) is 11.4 Å². The molecule has 4 nitrogen and oxygen atoms in total. The third-order valence-corrected chi connectivity index (χ3v) is 4.72. The normalized spacial score (nSPS) is 13.9. The van der Waals surface area contributed by atoms with E-state index >= 15 is 0 Å². The van der Waals surface area contributed by atoms with Crippen LogP contribution in [0.3, 0.4) is 0 Å². The maximum absolute atomic E-state index is 12.3. The third-order valence-electron chi connectivity index (χ3n) is 4.72. The molecule has 5 rings (SSSR count). The number of hydrogen-bond acceptors (Lipinski definition) is 2. The van der Waals surface area contributed by atoms with E-state index < -0.39 is 0 Å². The molecular weight excluding hydrogens is 298 g/mol. The number of fused-ring (bicyclic) bond motifs is 1. The van der Waals surface area contributed by atoms with E-state index in [4.69, 9.17) is 0 Å². The summed E-state index contributed by atoms with van der Waals surface area (Å²) in [7, 11) is 0. The van der Waals surface area contributed by atoms with Crippen molar-refractivity contribution in [2.45, 2.75) is 6.42 Å². The van der Waals surface area contributed by atoms with Crippen molar-refractivity contribution in [1.82, 2.24) is 15.3 Å². The van der Waals surface area contributed by atoms with E-state index in [0.29, 0.717) is 6.54 Å². The minimum Gasteiger partial charge on any atom is -0.353 e. The number of benzene rings is 2. The quantitative estimate of drug-likeness (QED) is 0.563. The topological polar surface area (TPSA) is 57.8 Å². The Morgan fingerprint density at radius 3 is 2.79 bits per heavy atom. The van der Waals surface area contributed by atoms with Gasteiger partial charge in [0.25, 0.3) is 5.91 Å². The van der Waals surface area contributed by atoms with Crippen LogP contribution in [0.15, 0.2) is 54.7 Å². The molecule has 2 aromatic heterocycles. The zero-order valence-corrected chi connectivity index (χ0v) is 13.0. The monoisotopic (exact) mass is 313 g/mol. The van der Waals surface area contributed by atoms with Crippen LogP contribution in [0.4, 0.5) is 0 Å². The average molecular weight is 313 g/mol. The van der Waals surface area contributed by atoms with Crippen LogP contribution in [0.25, 0.3) is 33.1 Å². The van der Waals surface area contributed by atoms with Crippen LogP contribution in [0.5, 0.6) is 0 Å². The molecule has 3 heterocycles. The number of nitrogens with zero attached hydrogens (tertiary/aromatic N) is 1. The number of H-pyrrole nitrogens is 1. The van der Waals surface area contributed by atoms with Gasteiger partial charge in [-0.2, -0.15) is 0 Å². The van der Waals surface area contributed by atoms with Gasteiger partial charge in [-0.05, 0) is 35.6 Å². The van der Waals surface area contributed by atoms with E-state index in [1.165, 1.54) is 5.56 Å². The van der Waals surface area contributed by atoms with Crippen LogP contribution in [-0.2, 0) is 6.42 Å². The van der Waals surface area contributed by atoms with E-state index in [2.05, 4.69) is 33.5 Å². The molecule has 116 valence electrons. The van der Waals surface area contributed by atoms with Crippen molar-refractivity contribution >= 4 is 27.6 Å². The zero-order chi connectivity index (χ0) is 16.1. The molecular formula is C20H15N3O. The van der Waals surface area contributed by atoms with E-state index in [0.717, 1.165) is 45.0 Å². The Morgan fingerprint density at radius 2 is 1.88 bits per heavy atom. The van der Waals surface area contributed by atoms with Crippen molar-refractivity contribution in [2.24, 2.45) is 0 Å². The summed E-state index contributed by atoms with van der Waals surface area (Å²) in [5.74, 6) is -0.00336. The summed E-state index contributed by atoms with van der Waals surface area (Å²) in [6.45, 7) is 0.640. The molecule has 0 fully saturated rings. The number of carbonyl (C=O) groups excluding carboxylic acids is 1. The van der Waals surface area contributed by atoms with Gasteiger partial charge in [-0.3, -0.25) is 9.78 Å². The summed E-state index contributed by atoms with van der Waals surface area (Å²) in [5.41, 5.74) is 4.83. The Bertz CT molecular complexity index is 1110. The number of hydrogen-bond donors (Lipinski definition) is 2. The second-order valence-corrected chi connectivity index (χ2v) is 6.13. The first kappa shape index (κ1) is 13.3. The van der Waals surface area contributed by atoms with Gasteiger partial charge in [0.15, 0.2) is 0 Å². The van der Waals surface area contributed by atoms with Gasteiger partial charge < -0.3 is 10.3 Å². The van der Waals surface area contributed by atoms with Crippen LogP contribution < -0.4 is 5.32 Å². The van der Waals surface area contributed by atoms with Crippen LogP contribution >= 0.6 is 0 Å². The van der Waals surface area contributed by atoms with Gasteiger partial charge in [0, 0.05) is 34.6 Å². The van der Waals surface area contributed by atoms with Gasteiger partial charge in [0.2, 0.25) is 0 Å². The predicted molar refractivity (Wildman–Crippen MR) is 95.1 cm³/mol. The SMILES string of the molecule is O=C1NCCc2c(-c3cc4ccccc4cn3)[nH]c3cccc1c23. The van der Waals surface area contributed by atoms with Crippen molar-refractivity contribution in [2.75, 3.05) is 6.54 Å². The zero-order valence-electron chi connectivity index (χ0n) is 13.0. The fourth-order valence-electron chi connectivity index (χ4n) is 3.59. The van der Waals surface area contributed by atoms with Gasteiger partial charge >= 0.3 is 0 Å². The highest BCUT2D eigenvalue weighted by Gasteiger charge is 2.22. The largest absolute Gasteiger partial charge is 0.353 e. The molecule has 0 bridgehead atoms. The van der Waals surface area contributed by atoms with Gasteiger partial charge in [-0.25, -0.2) is 0 Å². The first-order valence-electron chi connectivity index (χ1n) is 8.08. The highest BCUT2D eigenvalue weighted by molar-refractivity contribution is 6.10. The molecule has 0 spiro atoms. The van der Waals surface area contributed by atoms with E-state index in [9.17, 15) is 4.79 Å². The van der Waals surface area contributed by atoms with Crippen molar-refractivity contribution in [3.63, 3.8) is 0 Å². The molecule has 0 saturated heterocycles. The molecule has 1 aliphatic heterocycles. The second kappa shape index (κ2) is 4.93. The Kier molecular flexibility index (Phi) is 2.73. The third kappa shape index (κ3) is 1.86. The maximum Gasteiger partial charge on any atom is 0.251 e. The average Bonchev–Trinajstić information content (AvgIpc) is 2.91. The van der Waals surface area contributed by atoms with Crippen LogP contribution in [0, 0.1) is 0 Å². The first-order chi connectivity index (χ1) is 11.8. The highest BCUT2D eigenvalue weighted by atomic mass is 16.1. The molecule has 0 radical (unpaired) electrons. The lowest BCUT2D eigenvalue weighted by atomic mass is 10.0. The molecule has 0 aliphatic carbocycles. The number of rotatable bonds is 1. The number of pyridine rings is 1. The second-order valence-electron chi connectivity index (χ2n) is 6.13. The molecule has 4 aromatic rings. The van der Waals surface area contributed by atoms with Crippen LogP contribution in [-0.4, -0.2) is 22.4 Å². The van der Waals surface area contributed by atoms with Gasteiger partial charge in [0.1, 0.15) is 0 Å². The summed E-state index contributed by atoms with van der Waals surface area (Å²) in [6.07, 6.45) is 2.70. The fourth-order valence-corrected chi connectivity index (χ4v) is 3.59. The molecule has 4 heteroatoms. The minimum absolute atomic E-state index is 0.00336. The molecule has 0 saturated carbocycles. The number of amides is 1. The molecule has 2 N–H and O–H groups in total. The molecule has 1 aliphatic rings. The molecule has 0 atom stereocenters. The standard InChI is InChI=1S/C20H15N3O/c24-20-15-6-3-7-16-18(15)14(8-9-21-20)19(23-16)17-10-12-4-1-2-5-13(12)11-22-17/h1-7,10-11,23H,8-9H2,(H,21,24). The lowest BCUT2D eigenvalue weighted by molar-refractivity contribution is 0.0957. The van der Waals surface area contributed by atoms with Crippen LogP contribution in [0.1, 0.15) is 15.9 Å². The Morgan fingerprint density at radius 1 is 1.00 bits per heavy atom. The van der Waals surface area contributed by atoms with Crippen molar-refractivity contribution in [1.29, 1.82) is 0 Å². The van der Waals surface area contributed by atoms with Crippen molar-refractivity contribution < 1.29 is 4.79 Å². The summed E-state index contributed by atoms with van der Waals surface area (Å²) in [5, 5.41) is 6.29. The van der Waals surface area contributed by atoms with Gasteiger partial charge in [-0.15, -0.1) is 0 Å². The molecule has 1 amide bonds. The summed E-state index contributed by atoms with van der Waals surface area (Å²) < 4.78 is 0. The summed E-state index contributed by atoms with van der Waals surface area (Å²) in [4.78, 5) is 20.4. The molecule has 0 unspecified atom stereocenters. The smallest absolute Gasteiger partial charge is 0.251 e. The van der Waals surface area contributed by atoms with E-state index in [1.54, 1.807) is 0 Å². The van der Waals surface area contributed by atoms with Crippen LogP contribution in [0.2, 0.25) is 0 Å². The molecule has 24 heavy (non-hydrogen) atoms. The number of aromatic amines is 1. The molecule has 2 aromatic carbocycles. The number of carbonyl (C=O) groups is 1. The first-order valence-corrected chi connectivity index (χ1v) is 8.08. The summed E-state index contributed by atoms with van der Waals surface area (Å²) in [6, 6.07) is 16.1. The Hall–Kier alpha value is -3.14. The Labute approximate surface area is 138 Å². The van der Waals surface area contributed by atoms with E-state index in [-0.39, 0.29) is 5.91 Å². The lowest BCUT2D eigenvalue weighted by Gasteiger charge is -2.05. The summed E-state index contributed by atoms with van der Waals surface area (Å²) >= 11 is 0. The fraction of sp³-hybridized carbons (Fsp3) is 0.100. The maximum atomic E-state index is 12.3. The van der Waals surface area contributed by atoms with Crippen molar-refractivity contribution in [3.05, 3.63) is 65.9 Å².